The third-order valence-electron chi connectivity index (χ3n) is 2.55. The van der Waals surface area contributed by atoms with Crippen molar-refractivity contribution in [2.45, 2.75) is 18.9 Å². The van der Waals surface area contributed by atoms with Gasteiger partial charge in [0.15, 0.2) is 11.2 Å². The number of fused-ring (bicyclic) bond motifs is 1. The third-order valence-corrected chi connectivity index (χ3v) is 2.55. The summed E-state index contributed by atoms with van der Waals surface area (Å²) in [4.78, 5) is 45.8. The molecule has 2 rings (SSSR count). The highest BCUT2D eigenvalue weighted by Crippen LogP contribution is 2.07. The number of aromatic nitrogens is 4. The number of H-pyrrole nitrogens is 2. The van der Waals surface area contributed by atoms with E-state index in [9.17, 15) is 14.4 Å². The SMILES string of the molecule is O=C(O)CCC(Nc1nc2nc[nH]c2c(=O)[nH]1)C(=O)O. The van der Waals surface area contributed by atoms with E-state index in [1.54, 1.807) is 0 Å². The molecule has 0 aliphatic carbocycles. The maximum absolute atomic E-state index is 11.6. The molecule has 1 atom stereocenters. The first-order valence-corrected chi connectivity index (χ1v) is 5.62. The van der Waals surface area contributed by atoms with Gasteiger partial charge in [-0.15, -0.1) is 0 Å². The Morgan fingerprint density at radius 1 is 1.40 bits per heavy atom. The zero-order valence-corrected chi connectivity index (χ0v) is 10.1. The third kappa shape index (κ3) is 2.91. The van der Waals surface area contributed by atoms with Crippen LogP contribution in [-0.2, 0) is 9.59 Å². The van der Waals surface area contributed by atoms with E-state index < -0.39 is 23.5 Å². The Kier molecular flexibility index (Phi) is 3.64. The number of carbonyl (C=O) groups is 2. The number of imidazole rings is 1. The quantitative estimate of drug-likeness (QED) is 0.467. The summed E-state index contributed by atoms with van der Waals surface area (Å²) >= 11 is 0. The van der Waals surface area contributed by atoms with Crippen molar-refractivity contribution in [2.24, 2.45) is 0 Å². The first-order valence-electron chi connectivity index (χ1n) is 5.62. The Bertz CT molecular complexity index is 705. The lowest BCUT2D eigenvalue weighted by Gasteiger charge is -2.13. The van der Waals surface area contributed by atoms with E-state index in [-0.39, 0.29) is 30.0 Å². The van der Waals surface area contributed by atoms with Gasteiger partial charge in [-0.1, -0.05) is 0 Å². The van der Waals surface area contributed by atoms with Crippen LogP contribution in [0.2, 0.25) is 0 Å². The predicted octanol–water partition coefficient (Wildman–Crippen LogP) is -0.624. The first kappa shape index (κ1) is 13.5. The van der Waals surface area contributed by atoms with Gasteiger partial charge in [-0.3, -0.25) is 14.6 Å². The predicted molar refractivity (Wildman–Crippen MR) is 66.4 cm³/mol. The van der Waals surface area contributed by atoms with Crippen LogP contribution in [0.1, 0.15) is 12.8 Å². The molecule has 0 aromatic carbocycles. The van der Waals surface area contributed by atoms with Crippen LogP contribution in [-0.4, -0.2) is 48.1 Å². The Labute approximate surface area is 110 Å². The molecule has 0 aliphatic heterocycles. The summed E-state index contributed by atoms with van der Waals surface area (Å²) < 4.78 is 0. The topological polar surface area (TPSA) is 161 Å². The number of nitrogens with one attached hydrogen (secondary N) is 3. The Morgan fingerprint density at radius 3 is 2.80 bits per heavy atom. The maximum Gasteiger partial charge on any atom is 0.326 e. The second-order valence-corrected chi connectivity index (χ2v) is 3.98. The summed E-state index contributed by atoms with van der Waals surface area (Å²) in [6.45, 7) is 0. The van der Waals surface area contributed by atoms with Gasteiger partial charge in [0.2, 0.25) is 5.95 Å². The minimum Gasteiger partial charge on any atom is -0.481 e. The maximum atomic E-state index is 11.6. The van der Waals surface area contributed by atoms with Crippen LogP contribution in [0.3, 0.4) is 0 Å². The van der Waals surface area contributed by atoms with E-state index in [4.69, 9.17) is 10.2 Å². The molecule has 0 saturated heterocycles. The second kappa shape index (κ2) is 5.38. The molecule has 0 bridgehead atoms. The number of aliphatic carboxylic acids is 2. The average molecular weight is 281 g/mol. The van der Waals surface area contributed by atoms with Crippen molar-refractivity contribution in [1.29, 1.82) is 0 Å². The summed E-state index contributed by atoms with van der Waals surface area (Å²) in [6, 6.07) is -1.18. The number of hydrogen-bond acceptors (Lipinski definition) is 6. The molecule has 2 aromatic heterocycles. The van der Waals surface area contributed by atoms with Crippen molar-refractivity contribution < 1.29 is 19.8 Å². The molecule has 2 heterocycles. The standard InChI is InChI=1S/C10H11N5O5/c16-5(17)2-1-4(9(19)20)13-10-14-7-6(8(18)15-10)11-3-12-7/h3-4H,1-2H2,(H,16,17)(H,19,20)(H3,11,12,13,14,15,18). The van der Waals surface area contributed by atoms with Gasteiger partial charge in [-0.2, -0.15) is 4.98 Å². The molecule has 2 aromatic rings. The summed E-state index contributed by atoms with van der Waals surface area (Å²) in [5.74, 6) is -2.43. The van der Waals surface area contributed by atoms with E-state index in [1.165, 1.54) is 6.33 Å². The largest absolute Gasteiger partial charge is 0.481 e. The molecule has 20 heavy (non-hydrogen) atoms. The lowest BCUT2D eigenvalue weighted by Crippen LogP contribution is -2.31. The molecule has 0 radical (unpaired) electrons. The molecule has 0 spiro atoms. The molecule has 0 fully saturated rings. The van der Waals surface area contributed by atoms with Crippen molar-refractivity contribution in [3.8, 4) is 0 Å². The monoisotopic (exact) mass is 281 g/mol. The minimum absolute atomic E-state index is 0.0765. The fraction of sp³-hybridized carbons (Fsp3) is 0.300. The fourth-order valence-electron chi connectivity index (χ4n) is 1.60. The lowest BCUT2D eigenvalue weighted by atomic mass is 10.1. The Balaban J connectivity index is 2.21. The number of aromatic amines is 2. The first-order chi connectivity index (χ1) is 9.47. The summed E-state index contributed by atoms with van der Waals surface area (Å²) in [7, 11) is 0. The van der Waals surface area contributed by atoms with E-state index in [0.29, 0.717) is 0 Å². The van der Waals surface area contributed by atoms with Crippen molar-refractivity contribution in [1.82, 2.24) is 19.9 Å². The molecule has 1 unspecified atom stereocenters. The molecule has 0 aliphatic rings. The number of nitrogens with zero attached hydrogens (tertiary/aromatic N) is 2. The molecular weight excluding hydrogens is 270 g/mol. The van der Waals surface area contributed by atoms with Crippen LogP contribution >= 0.6 is 0 Å². The van der Waals surface area contributed by atoms with Gasteiger partial charge in [-0.05, 0) is 6.42 Å². The fourth-order valence-corrected chi connectivity index (χ4v) is 1.60. The molecule has 5 N–H and O–H groups in total. The van der Waals surface area contributed by atoms with Gasteiger partial charge in [0.1, 0.15) is 6.04 Å². The smallest absolute Gasteiger partial charge is 0.326 e. The van der Waals surface area contributed by atoms with Crippen LogP contribution in [0.25, 0.3) is 11.2 Å². The highest BCUT2D eigenvalue weighted by atomic mass is 16.4. The van der Waals surface area contributed by atoms with Gasteiger partial charge >= 0.3 is 11.9 Å². The summed E-state index contributed by atoms with van der Waals surface area (Å²) in [5, 5.41) is 20.0. The van der Waals surface area contributed by atoms with Gasteiger partial charge < -0.3 is 20.5 Å². The summed E-state index contributed by atoms with van der Waals surface area (Å²) in [5.41, 5.74) is -0.191. The highest BCUT2D eigenvalue weighted by Gasteiger charge is 2.20. The van der Waals surface area contributed by atoms with E-state index >= 15 is 0 Å². The second-order valence-electron chi connectivity index (χ2n) is 3.98. The van der Waals surface area contributed by atoms with E-state index in [1.807, 2.05) is 0 Å². The number of carboxylic acid groups (broad SMARTS) is 2. The number of carboxylic acids is 2. The van der Waals surface area contributed by atoms with Crippen molar-refractivity contribution in [3.63, 3.8) is 0 Å². The van der Waals surface area contributed by atoms with Gasteiger partial charge in [-0.25, -0.2) is 9.78 Å². The van der Waals surface area contributed by atoms with Crippen molar-refractivity contribution in [2.75, 3.05) is 5.32 Å². The van der Waals surface area contributed by atoms with Crippen LogP contribution in [0.4, 0.5) is 5.95 Å². The number of hydrogen-bond donors (Lipinski definition) is 5. The minimum atomic E-state index is -1.24. The molecule has 106 valence electrons. The Hall–Kier alpha value is -2.91. The molecule has 0 saturated carbocycles. The lowest BCUT2D eigenvalue weighted by molar-refractivity contribution is -0.139. The molecule has 10 nitrogen and oxygen atoms in total. The van der Waals surface area contributed by atoms with Gasteiger partial charge in [0.25, 0.3) is 5.56 Å². The molecule has 0 amide bonds. The average Bonchev–Trinajstić information content (AvgIpc) is 2.82. The number of anilines is 1. The zero-order valence-electron chi connectivity index (χ0n) is 10.1. The van der Waals surface area contributed by atoms with Crippen molar-refractivity contribution in [3.05, 3.63) is 16.7 Å². The van der Waals surface area contributed by atoms with Crippen LogP contribution < -0.4 is 10.9 Å². The number of rotatable bonds is 6. The Morgan fingerprint density at radius 2 is 2.15 bits per heavy atom. The van der Waals surface area contributed by atoms with Gasteiger partial charge in [0.05, 0.1) is 6.33 Å². The van der Waals surface area contributed by atoms with Crippen LogP contribution in [0, 0.1) is 0 Å². The van der Waals surface area contributed by atoms with Crippen LogP contribution in [0.5, 0.6) is 0 Å². The van der Waals surface area contributed by atoms with E-state index in [2.05, 4.69) is 25.3 Å². The van der Waals surface area contributed by atoms with Crippen LogP contribution in [0.15, 0.2) is 11.1 Å². The normalized spacial score (nSPS) is 12.2. The molecular formula is C10H11N5O5. The summed E-state index contributed by atoms with van der Waals surface area (Å²) in [6.07, 6.45) is 0.821. The van der Waals surface area contributed by atoms with Gasteiger partial charge in [0, 0.05) is 6.42 Å². The highest BCUT2D eigenvalue weighted by molar-refractivity contribution is 5.78. The van der Waals surface area contributed by atoms with Crippen molar-refractivity contribution >= 4 is 29.1 Å². The van der Waals surface area contributed by atoms with E-state index in [0.717, 1.165) is 0 Å². The molecule has 10 heteroatoms. The zero-order chi connectivity index (χ0) is 14.7.